The Labute approximate surface area is 116 Å². The molecule has 1 aromatic rings. The molecule has 0 saturated carbocycles. The van der Waals surface area contributed by atoms with Crippen LogP contribution in [0.4, 0.5) is 0 Å². The molecule has 0 spiro atoms. The van der Waals surface area contributed by atoms with Crippen molar-refractivity contribution in [2.75, 3.05) is 19.9 Å². The van der Waals surface area contributed by atoms with Crippen LogP contribution in [0.25, 0.3) is 0 Å². The smallest absolute Gasteiger partial charge is 0.308 e. The number of nitrogens with zero attached hydrogens (tertiary/aromatic N) is 1. The monoisotopic (exact) mass is 279 g/mol. The molecule has 0 fully saturated rings. The van der Waals surface area contributed by atoms with Gasteiger partial charge in [0, 0.05) is 18.7 Å². The van der Waals surface area contributed by atoms with Crippen molar-refractivity contribution in [3.05, 3.63) is 23.8 Å². The van der Waals surface area contributed by atoms with Gasteiger partial charge in [0.1, 0.15) is 0 Å². The number of carbonyl (C=O) groups excluding carboxylic acids is 1. The normalized spacial score (nSPS) is 13.9. The van der Waals surface area contributed by atoms with Crippen molar-refractivity contribution in [3.8, 4) is 11.5 Å². The summed E-state index contributed by atoms with van der Waals surface area (Å²) in [6.45, 7) is 4.18. The predicted octanol–water partition coefficient (Wildman–Crippen LogP) is 1.60. The zero-order valence-corrected chi connectivity index (χ0v) is 11.5. The van der Waals surface area contributed by atoms with Gasteiger partial charge in [0.05, 0.1) is 5.92 Å². The first kappa shape index (κ1) is 14.2. The molecule has 108 valence electrons. The summed E-state index contributed by atoms with van der Waals surface area (Å²) in [6.07, 6.45) is 0. The minimum Gasteiger partial charge on any atom is -0.481 e. The molecule has 0 bridgehead atoms. The summed E-state index contributed by atoms with van der Waals surface area (Å²) in [5, 5.41) is 8.93. The molecule has 20 heavy (non-hydrogen) atoms. The van der Waals surface area contributed by atoms with Gasteiger partial charge in [-0.3, -0.25) is 9.59 Å². The molecule has 0 radical (unpaired) electrons. The number of benzene rings is 1. The van der Waals surface area contributed by atoms with Gasteiger partial charge in [0.15, 0.2) is 11.5 Å². The SMILES string of the molecule is CCN(CC(C)C(=O)O)C(=O)c1ccc2c(c1)OCO2. The van der Waals surface area contributed by atoms with Crippen LogP contribution in [0.2, 0.25) is 0 Å². The Balaban J connectivity index is 2.14. The second-order valence-electron chi connectivity index (χ2n) is 4.65. The van der Waals surface area contributed by atoms with Gasteiger partial charge in [-0.1, -0.05) is 6.92 Å². The van der Waals surface area contributed by atoms with Crippen molar-refractivity contribution >= 4 is 11.9 Å². The largest absolute Gasteiger partial charge is 0.481 e. The molecule has 2 rings (SSSR count). The summed E-state index contributed by atoms with van der Waals surface area (Å²) in [7, 11) is 0. The lowest BCUT2D eigenvalue weighted by Gasteiger charge is -2.23. The molecule has 6 heteroatoms. The highest BCUT2D eigenvalue weighted by molar-refractivity contribution is 5.95. The van der Waals surface area contributed by atoms with Crippen LogP contribution in [-0.4, -0.2) is 41.8 Å². The first-order chi connectivity index (χ1) is 9.52. The van der Waals surface area contributed by atoms with E-state index in [1.54, 1.807) is 25.1 Å². The second-order valence-corrected chi connectivity index (χ2v) is 4.65. The number of carboxylic acids is 1. The summed E-state index contributed by atoms with van der Waals surface area (Å²) < 4.78 is 10.4. The van der Waals surface area contributed by atoms with Crippen molar-refractivity contribution < 1.29 is 24.2 Å². The quantitative estimate of drug-likeness (QED) is 0.886. The summed E-state index contributed by atoms with van der Waals surface area (Å²) in [5.41, 5.74) is 0.466. The highest BCUT2D eigenvalue weighted by Gasteiger charge is 2.22. The van der Waals surface area contributed by atoms with E-state index in [4.69, 9.17) is 14.6 Å². The Morgan fingerprint density at radius 1 is 1.35 bits per heavy atom. The van der Waals surface area contributed by atoms with Gasteiger partial charge in [-0.15, -0.1) is 0 Å². The Hall–Kier alpha value is -2.24. The number of rotatable bonds is 5. The number of fused-ring (bicyclic) bond motifs is 1. The number of carbonyl (C=O) groups is 2. The fraction of sp³-hybridized carbons (Fsp3) is 0.429. The number of hydrogen-bond donors (Lipinski definition) is 1. The lowest BCUT2D eigenvalue weighted by molar-refractivity contribution is -0.141. The second kappa shape index (κ2) is 5.81. The highest BCUT2D eigenvalue weighted by Crippen LogP contribution is 2.32. The molecule has 1 heterocycles. The maximum atomic E-state index is 12.4. The average Bonchev–Trinajstić information content (AvgIpc) is 2.90. The van der Waals surface area contributed by atoms with E-state index >= 15 is 0 Å². The van der Waals surface area contributed by atoms with Crippen LogP contribution in [0.5, 0.6) is 11.5 Å². The number of carboxylic acid groups (broad SMARTS) is 1. The molecular formula is C14H17NO5. The Morgan fingerprint density at radius 3 is 2.70 bits per heavy atom. The van der Waals surface area contributed by atoms with Gasteiger partial charge >= 0.3 is 5.97 Å². The van der Waals surface area contributed by atoms with Crippen molar-refractivity contribution in [1.82, 2.24) is 4.90 Å². The highest BCUT2D eigenvalue weighted by atomic mass is 16.7. The molecule has 1 unspecified atom stereocenters. The third-order valence-corrected chi connectivity index (χ3v) is 3.20. The minimum absolute atomic E-state index is 0.153. The van der Waals surface area contributed by atoms with E-state index in [-0.39, 0.29) is 19.2 Å². The van der Waals surface area contributed by atoms with Crippen molar-refractivity contribution in [1.29, 1.82) is 0 Å². The van der Waals surface area contributed by atoms with Crippen LogP contribution in [0.15, 0.2) is 18.2 Å². The van der Waals surface area contributed by atoms with E-state index in [0.717, 1.165) is 0 Å². The van der Waals surface area contributed by atoms with Gasteiger partial charge in [-0.05, 0) is 25.1 Å². The molecule has 1 atom stereocenters. The van der Waals surface area contributed by atoms with Gasteiger partial charge in [-0.2, -0.15) is 0 Å². The van der Waals surface area contributed by atoms with Crippen LogP contribution in [0, 0.1) is 5.92 Å². The van der Waals surface area contributed by atoms with Crippen molar-refractivity contribution in [3.63, 3.8) is 0 Å². The fourth-order valence-corrected chi connectivity index (χ4v) is 1.98. The average molecular weight is 279 g/mol. The van der Waals surface area contributed by atoms with E-state index in [0.29, 0.717) is 23.6 Å². The zero-order valence-electron chi connectivity index (χ0n) is 11.5. The number of ether oxygens (including phenoxy) is 2. The summed E-state index contributed by atoms with van der Waals surface area (Å²) in [6, 6.07) is 4.97. The predicted molar refractivity (Wildman–Crippen MR) is 70.9 cm³/mol. The third-order valence-electron chi connectivity index (χ3n) is 3.20. The Bertz CT molecular complexity index is 528. The molecule has 1 amide bonds. The van der Waals surface area contributed by atoms with Crippen LogP contribution in [0.3, 0.4) is 0 Å². The molecule has 1 aliphatic heterocycles. The maximum absolute atomic E-state index is 12.4. The molecule has 6 nitrogen and oxygen atoms in total. The lowest BCUT2D eigenvalue weighted by atomic mass is 10.1. The number of hydrogen-bond acceptors (Lipinski definition) is 4. The minimum atomic E-state index is -0.915. The first-order valence-electron chi connectivity index (χ1n) is 6.44. The topological polar surface area (TPSA) is 76.1 Å². The molecule has 1 aromatic carbocycles. The van der Waals surface area contributed by atoms with Crippen LogP contribution in [0.1, 0.15) is 24.2 Å². The third kappa shape index (κ3) is 2.84. The first-order valence-corrected chi connectivity index (χ1v) is 6.44. The zero-order chi connectivity index (χ0) is 14.7. The lowest BCUT2D eigenvalue weighted by Crippen LogP contribution is -2.36. The van der Waals surface area contributed by atoms with Crippen molar-refractivity contribution in [2.24, 2.45) is 5.92 Å². The summed E-state index contributed by atoms with van der Waals surface area (Å²) in [4.78, 5) is 24.8. The van der Waals surface area contributed by atoms with E-state index < -0.39 is 11.9 Å². The molecule has 0 aromatic heterocycles. The Kier molecular flexibility index (Phi) is 4.12. The van der Waals surface area contributed by atoms with E-state index in [9.17, 15) is 9.59 Å². The van der Waals surface area contributed by atoms with E-state index in [1.807, 2.05) is 6.92 Å². The van der Waals surface area contributed by atoms with Crippen molar-refractivity contribution in [2.45, 2.75) is 13.8 Å². The molecule has 1 N–H and O–H groups in total. The summed E-state index contributed by atoms with van der Waals surface area (Å²) in [5.74, 6) is -0.574. The van der Waals surface area contributed by atoms with E-state index in [1.165, 1.54) is 4.90 Å². The molecular weight excluding hydrogens is 262 g/mol. The van der Waals surface area contributed by atoms with Crippen LogP contribution < -0.4 is 9.47 Å². The molecule has 0 aliphatic carbocycles. The van der Waals surface area contributed by atoms with Gasteiger partial charge < -0.3 is 19.5 Å². The fourth-order valence-electron chi connectivity index (χ4n) is 1.98. The van der Waals surface area contributed by atoms with Gasteiger partial charge in [-0.25, -0.2) is 0 Å². The maximum Gasteiger partial charge on any atom is 0.308 e. The van der Waals surface area contributed by atoms with Gasteiger partial charge in [0.2, 0.25) is 6.79 Å². The Morgan fingerprint density at radius 2 is 2.05 bits per heavy atom. The van der Waals surface area contributed by atoms with Crippen LogP contribution >= 0.6 is 0 Å². The molecule has 1 aliphatic rings. The van der Waals surface area contributed by atoms with E-state index in [2.05, 4.69) is 0 Å². The number of aliphatic carboxylic acids is 1. The standard InChI is InChI=1S/C14H17NO5/c1-3-15(7-9(2)14(17)18)13(16)10-4-5-11-12(6-10)20-8-19-11/h4-6,9H,3,7-8H2,1-2H3,(H,17,18). The molecule has 0 saturated heterocycles. The van der Waals surface area contributed by atoms with Crippen LogP contribution in [-0.2, 0) is 4.79 Å². The summed E-state index contributed by atoms with van der Waals surface area (Å²) >= 11 is 0. The van der Waals surface area contributed by atoms with Gasteiger partial charge in [0.25, 0.3) is 5.91 Å². The number of amides is 1.